The van der Waals surface area contributed by atoms with Crippen LogP contribution in [0.25, 0.3) is 64.6 Å². The van der Waals surface area contributed by atoms with Crippen LogP contribution in [0.15, 0.2) is 370 Å². The Hall–Kier alpha value is -15.3. The zero-order chi connectivity index (χ0) is 104. The molecule has 40 heteroatoms. The molecule has 16 aromatic carbocycles. The zero-order valence-corrected chi connectivity index (χ0v) is 85.9. The molecular weight excluding hydrogens is 2080 g/mol. The summed E-state index contributed by atoms with van der Waals surface area (Å²) < 4.78 is 244. The predicted molar refractivity (Wildman–Crippen MR) is 556 cm³/mol. The molecule has 6 unspecified atom stereocenters. The Morgan fingerprint density at radius 1 is 0.265 bits per heavy atom. The number of fused-ring (bicyclic) bond motifs is 18. The molecule has 0 radical (unpaired) electrons. The summed E-state index contributed by atoms with van der Waals surface area (Å²) in [4.78, 5) is 0.293. The SMILES string of the molecule is CC1Oc2ccc3ccccc3c2/C1=N/OS(=O)(=O)C(F)(F)F.CC1Oc2ccc3ccccc3c2/C1=N/OS(=O)(=O)c1ccccc1.CC1Oc2ccc3ccccc3c2/C1=N/OS(C)(=O)=O.Cc1ccc(S(=O)(=O)O/N=C2/c3c(ccc4cc(Br)ccc34)OC2C)cc1.Cc1ccc(S(=O)(=O)O/N=C2/c3c(ccc4ccccc34)OC2C)cc1.Cc1ccccc1S(=O)(=O)O/N=C1/c2c(ccc3ccccc23)OC1C. The van der Waals surface area contributed by atoms with Crippen molar-refractivity contribution in [2.24, 2.45) is 30.9 Å². The van der Waals surface area contributed by atoms with Crippen LogP contribution in [0.2, 0.25) is 0 Å². The molecule has 6 aliphatic rings. The number of alkyl halides is 3. The third-order valence-corrected chi connectivity index (χ3v) is 30.1. The van der Waals surface area contributed by atoms with Crippen LogP contribution in [0.1, 0.15) is 91.6 Å². The van der Waals surface area contributed by atoms with Gasteiger partial charge in [0.1, 0.15) is 125 Å². The van der Waals surface area contributed by atoms with Crippen molar-refractivity contribution in [1.29, 1.82) is 0 Å². The molecule has 30 nitrogen and oxygen atoms in total. The Kier molecular flexibility index (Phi) is 29.5. The maximum atomic E-state index is 12.5. The van der Waals surface area contributed by atoms with Crippen molar-refractivity contribution in [3.8, 4) is 34.5 Å². The molecule has 0 N–H and O–H groups in total. The van der Waals surface area contributed by atoms with Gasteiger partial charge in [-0.05, 0) is 224 Å². The number of aryl methyl sites for hydroxylation is 3. The van der Waals surface area contributed by atoms with Gasteiger partial charge in [-0.15, -0.1) is 0 Å². The summed E-state index contributed by atoms with van der Waals surface area (Å²) in [5.41, 5.74) is 3.61. The first-order valence-electron chi connectivity index (χ1n) is 45.2. The van der Waals surface area contributed by atoms with Crippen LogP contribution in [0.5, 0.6) is 34.5 Å². The van der Waals surface area contributed by atoms with Gasteiger partial charge < -0.3 is 28.4 Å². The lowest BCUT2D eigenvalue weighted by molar-refractivity contribution is -0.0541. The molecule has 0 aliphatic carbocycles. The predicted octanol–water partition coefficient (Wildman–Crippen LogP) is 22.1. The standard InChI is InChI=1S/C20H16BrNO4S.2C20H17NO4S.C19H15NO4S.C14H10F3NO4S.C14H13NO4S/c1-12-3-7-16(8-4-12)27(23,24)26-22-20-13(2)25-18-10-5-14-11-15(21)6-9-17(14)19(18)20;1-13-7-3-6-10-18(13)26(22,23)25-21-20-14(2)24-17-12-11-15-8-4-5-9-16(15)19(17)20;1-13-7-10-16(11-8-13)26(22,23)25-21-20-14(2)24-18-12-9-15-5-3-4-6-17(15)19(18)20;1-13-19(20-24-25(21,22)15-8-3-2-4-9-15)18-16-10-6-5-7-14(16)11-12-17(18)23-13;1-8-13(18-22-23(19,20)14(15,16)17)12-10-5-3-2-4-9(10)6-7-11(12)21-8;1-9-14(15-19-20(2,16)17)13-11-6-4-3-5-10(11)7-8-12(13)18-9/h3-11,13H,1-2H3;2*3-12,14H,1-2H3;2-13H,1H3;2-8H,1H3;3-9H,1-2H3/b22-20+;2*21-20+;20-19+;18-13+;15-14+. The van der Waals surface area contributed by atoms with E-state index in [0.29, 0.717) is 79.6 Å². The van der Waals surface area contributed by atoms with E-state index in [-0.39, 0.29) is 31.4 Å². The second-order valence-electron chi connectivity index (χ2n) is 34.1. The molecule has 0 fully saturated rings. The van der Waals surface area contributed by atoms with Gasteiger partial charge in [-0.3, -0.25) is 25.7 Å². The number of hydrogen-bond donors (Lipinski definition) is 0. The van der Waals surface area contributed by atoms with Crippen LogP contribution >= 0.6 is 15.9 Å². The Morgan fingerprint density at radius 2 is 0.510 bits per heavy atom. The van der Waals surface area contributed by atoms with Gasteiger partial charge in [-0.1, -0.05) is 282 Å². The highest BCUT2D eigenvalue weighted by molar-refractivity contribution is 9.10. The molecule has 22 rings (SSSR count). The summed E-state index contributed by atoms with van der Waals surface area (Å²) in [6, 6.07) is 94.2. The fourth-order valence-corrected chi connectivity index (χ4v) is 20.8. The minimum atomic E-state index is -5.81. The van der Waals surface area contributed by atoms with E-state index in [1.165, 1.54) is 49.4 Å². The molecule has 754 valence electrons. The van der Waals surface area contributed by atoms with Gasteiger partial charge in [0.2, 0.25) is 0 Å². The highest BCUT2D eigenvalue weighted by Crippen LogP contribution is 2.44. The molecule has 0 saturated carbocycles. The number of rotatable bonds is 16. The van der Waals surface area contributed by atoms with Gasteiger partial charge in [0.05, 0.1) is 39.6 Å². The fraction of sp³-hybridized carbons (Fsp3) is 0.159. The molecule has 147 heavy (non-hydrogen) atoms. The molecule has 0 bridgehead atoms. The van der Waals surface area contributed by atoms with Crippen molar-refractivity contribution in [2.45, 2.75) is 124 Å². The van der Waals surface area contributed by atoms with Crippen LogP contribution in [-0.4, -0.2) is 133 Å². The van der Waals surface area contributed by atoms with Crippen molar-refractivity contribution in [1.82, 2.24) is 0 Å². The number of nitrogens with zero attached hydrogens (tertiary/aromatic N) is 6. The average molecular weight is 2170 g/mol. The molecule has 0 amide bonds. The van der Waals surface area contributed by atoms with Gasteiger partial charge in [-0.25, -0.2) is 0 Å². The second kappa shape index (κ2) is 42.0. The number of hydrogen-bond acceptors (Lipinski definition) is 30. The maximum Gasteiger partial charge on any atom is 0.536 e. The van der Waals surface area contributed by atoms with E-state index >= 15 is 0 Å². The number of benzene rings is 16. The third-order valence-electron chi connectivity index (χ3n) is 23.8. The minimum Gasteiger partial charge on any atom is -0.484 e. The van der Waals surface area contributed by atoms with Crippen LogP contribution in [-0.2, 0) is 86.4 Å². The molecule has 0 saturated heterocycles. The third kappa shape index (κ3) is 22.4. The molecule has 6 atom stereocenters. The lowest BCUT2D eigenvalue weighted by Gasteiger charge is -2.07. The fourth-order valence-electron chi connectivity index (χ4n) is 16.7. The summed E-state index contributed by atoms with van der Waals surface area (Å²) in [5, 5.41) is 34.2. The van der Waals surface area contributed by atoms with Gasteiger partial charge in [0, 0.05) is 4.47 Å². The van der Waals surface area contributed by atoms with E-state index in [2.05, 4.69) is 55.4 Å². The van der Waals surface area contributed by atoms with Gasteiger partial charge >= 0.3 is 66.2 Å². The summed E-state index contributed by atoms with van der Waals surface area (Å²) >= 11 is 3.46. The number of oxime groups is 6. The molecule has 0 spiro atoms. The summed E-state index contributed by atoms with van der Waals surface area (Å²) in [6.07, 6.45) is -1.74. The quantitative estimate of drug-likeness (QED) is 0.0640. The summed E-state index contributed by atoms with van der Waals surface area (Å²) in [7, 11) is -25.4. The minimum absolute atomic E-state index is 0.00961. The lowest BCUT2D eigenvalue weighted by Crippen LogP contribution is -2.25. The average Bonchev–Trinajstić information content (AvgIpc) is 1.60. The Morgan fingerprint density at radius 3 is 0.803 bits per heavy atom. The monoisotopic (exact) mass is 2170 g/mol. The van der Waals surface area contributed by atoms with E-state index in [9.17, 15) is 63.7 Å². The van der Waals surface area contributed by atoms with E-state index in [0.717, 1.165) is 109 Å². The largest absolute Gasteiger partial charge is 0.536 e. The van der Waals surface area contributed by atoms with Gasteiger partial charge in [0.25, 0.3) is 0 Å². The van der Waals surface area contributed by atoms with Crippen LogP contribution in [0.4, 0.5) is 13.2 Å². The van der Waals surface area contributed by atoms with E-state index in [1.54, 1.807) is 105 Å². The van der Waals surface area contributed by atoms with Crippen molar-refractivity contribution in [2.75, 3.05) is 6.26 Å². The zero-order valence-electron chi connectivity index (χ0n) is 79.4. The Balaban J connectivity index is 0.000000121. The second-order valence-corrected chi connectivity index (χ2v) is 44.2. The smallest absolute Gasteiger partial charge is 0.484 e. The normalized spacial score (nSPS) is 18.5. The summed E-state index contributed by atoms with van der Waals surface area (Å²) in [6.45, 7) is 16.1. The number of ether oxygens (including phenoxy) is 6. The summed E-state index contributed by atoms with van der Waals surface area (Å²) in [5.74, 6) is 3.77. The first-order valence-corrected chi connectivity index (χ1v) is 54.8. The van der Waals surface area contributed by atoms with Crippen LogP contribution in [0, 0.1) is 20.8 Å². The van der Waals surface area contributed by atoms with Crippen LogP contribution < -0.4 is 28.4 Å². The molecule has 6 aliphatic heterocycles. The van der Waals surface area contributed by atoms with Gasteiger partial charge in [0.15, 0.2) is 0 Å². The highest BCUT2D eigenvalue weighted by Gasteiger charge is 2.50. The van der Waals surface area contributed by atoms with Crippen molar-refractivity contribution in [3.05, 3.63) is 370 Å². The Labute approximate surface area is 852 Å². The molecule has 16 aromatic rings. The van der Waals surface area contributed by atoms with Crippen molar-refractivity contribution >= 4 is 176 Å². The molecule has 6 heterocycles. The topological polar surface area (TPSA) is 390 Å². The first kappa shape index (κ1) is 103. The van der Waals surface area contributed by atoms with E-state index < -0.39 is 96.7 Å². The van der Waals surface area contributed by atoms with Gasteiger partial charge in [-0.2, -0.15) is 63.7 Å². The van der Waals surface area contributed by atoms with Crippen molar-refractivity contribution in [3.63, 3.8) is 0 Å². The highest BCUT2D eigenvalue weighted by atomic mass is 79.9. The molecular formula is C107H88BrF3N6O24S6. The van der Waals surface area contributed by atoms with Crippen molar-refractivity contribution < 1.29 is 118 Å². The number of halogens is 4. The van der Waals surface area contributed by atoms with Crippen LogP contribution in [0.3, 0.4) is 0 Å². The maximum absolute atomic E-state index is 12.5. The van der Waals surface area contributed by atoms with E-state index in [1.807, 2.05) is 224 Å². The first-order chi connectivity index (χ1) is 70.0. The molecule has 0 aromatic heterocycles. The van der Waals surface area contributed by atoms with E-state index in [4.69, 9.17) is 45.6 Å². The Bertz CT molecular complexity index is 8860. The lowest BCUT2D eigenvalue weighted by atomic mass is 10.00.